The van der Waals surface area contributed by atoms with Crippen molar-refractivity contribution in [1.82, 2.24) is 15.1 Å². The second kappa shape index (κ2) is 6.37. The van der Waals surface area contributed by atoms with Gasteiger partial charge in [0, 0.05) is 37.9 Å². The largest absolute Gasteiger partial charge is 0.493 e. The number of aromatic nitrogens is 2. The molecule has 2 heterocycles. The fraction of sp³-hybridized carbons (Fsp3) is 0.438. The van der Waals surface area contributed by atoms with Crippen LogP contribution in [0, 0.1) is 0 Å². The SMILES string of the molecule is Cn1nc(C2CCC(=O)NC2=O)c2ccc(OCCCO)cc21. The number of hydrogen-bond donors (Lipinski definition) is 2. The Morgan fingerprint density at radius 1 is 1.43 bits per heavy atom. The summed E-state index contributed by atoms with van der Waals surface area (Å²) in [4.78, 5) is 23.4. The Morgan fingerprint density at radius 3 is 3.00 bits per heavy atom. The van der Waals surface area contributed by atoms with E-state index in [1.165, 1.54) is 0 Å². The molecule has 7 heteroatoms. The number of aryl methyl sites for hydroxylation is 1. The summed E-state index contributed by atoms with van der Waals surface area (Å²) in [6.45, 7) is 0.535. The maximum atomic E-state index is 12.1. The van der Waals surface area contributed by atoms with Crippen LogP contribution in [0.5, 0.6) is 5.75 Å². The van der Waals surface area contributed by atoms with E-state index in [1.807, 2.05) is 25.2 Å². The van der Waals surface area contributed by atoms with Crippen LogP contribution in [0.1, 0.15) is 30.9 Å². The predicted octanol–water partition coefficient (Wildman–Crippen LogP) is 0.855. The zero-order valence-corrected chi connectivity index (χ0v) is 12.9. The molecular weight excluding hydrogens is 298 g/mol. The minimum absolute atomic E-state index is 0.0909. The van der Waals surface area contributed by atoms with Gasteiger partial charge in [-0.05, 0) is 18.6 Å². The lowest BCUT2D eigenvalue weighted by atomic mass is 9.93. The Labute approximate surface area is 133 Å². The number of rotatable bonds is 5. The zero-order valence-electron chi connectivity index (χ0n) is 12.9. The Kier molecular flexibility index (Phi) is 4.29. The van der Waals surface area contributed by atoms with Gasteiger partial charge < -0.3 is 9.84 Å². The van der Waals surface area contributed by atoms with E-state index < -0.39 is 5.92 Å². The number of nitrogens with one attached hydrogen (secondary N) is 1. The summed E-state index contributed by atoms with van der Waals surface area (Å²) >= 11 is 0. The van der Waals surface area contributed by atoms with Crippen LogP contribution in [0.15, 0.2) is 18.2 Å². The van der Waals surface area contributed by atoms with E-state index in [2.05, 4.69) is 10.4 Å². The van der Waals surface area contributed by atoms with Crippen molar-refractivity contribution in [2.75, 3.05) is 13.2 Å². The molecule has 2 aromatic rings. The number of amides is 2. The minimum atomic E-state index is -0.405. The molecule has 2 N–H and O–H groups in total. The average Bonchev–Trinajstić information content (AvgIpc) is 2.84. The van der Waals surface area contributed by atoms with Crippen molar-refractivity contribution in [1.29, 1.82) is 0 Å². The summed E-state index contributed by atoms with van der Waals surface area (Å²) in [5, 5.41) is 16.5. The van der Waals surface area contributed by atoms with Crippen LogP contribution in [0.3, 0.4) is 0 Å². The Hall–Kier alpha value is -2.41. The van der Waals surface area contributed by atoms with Crippen LogP contribution in [-0.2, 0) is 16.6 Å². The predicted molar refractivity (Wildman–Crippen MR) is 83.0 cm³/mol. The van der Waals surface area contributed by atoms with Gasteiger partial charge in [-0.25, -0.2) is 0 Å². The monoisotopic (exact) mass is 317 g/mol. The van der Waals surface area contributed by atoms with Crippen molar-refractivity contribution in [3.8, 4) is 5.75 Å². The standard InChI is InChI=1S/C16H19N3O4/c1-19-13-9-10(23-8-2-7-20)3-4-11(13)15(18-19)12-5-6-14(21)17-16(12)22/h3-4,9,12,20H,2,5-8H2,1H3,(H,17,21,22). The van der Waals surface area contributed by atoms with Crippen LogP contribution in [-0.4, -0.2) is 39.9 Å². The van der Waals surface area contributed by atoms with Gasteiger partial charge in [0.25, 0.3) is 0 Å². The first kappa shape index (κ1) is 15.5. The molecule has 122 valence electrons. The normalized spacial score (nSPS) is 18.3. The number of carbonyl (C=O) groups excluding carboxylic acids is 2. The smallest absolute Gasteiger partial charge is 0.235 e. The number of imide groups is 1. The summed E-state index contributed by atoms with van der Waals surface area (Å²) in [7, 11) is 1.81. The number of nitrogens with zero attached hydrogens (tertiary/aromatic N) is 2. The molecule has 0 spiro atoms. The molecule has 0 saturated carbocycles. The number of ether oxygens (including phenoxy) is 1. The number of benzene rings is 1. The van der Waals surface area contributed by atoms with Gasteiger partial charge in [0.1, 0.15) is 5.75 Å². The van der Waals surface area contributed by atoms with Gasteiger partial charge in [0.15, 0.2) is 0 Å². The van der Waals surface area contributed by atoms with Crippen molar-refractivity contribution in [2.45, 2.75) is 25.2 Å². The highest BCUT2D eigenvalue weighted by Crippen LogP contribution is 2.31. The summed E-state index contributed by atoms with van der Waals surface area (Å²) in [6.07, 6.45) is 1.38. The molecule has 0 bridgehead atoms. The molecule has 1 atom stereocenters. The molecule has 0 radical (unpaired) electrons. The van der Waals surface area contributed by atoms with E-state index in [1.54, 1.807) is 4.68 Å². The second-order valence-electron chi connectivity index (χ2n) is 5.62. The van der Waals surface area contributed by atoms with Gasteiger partial charge in [-0.2, -0.15) is 5.10 Å². The number of carbonyl (C=O) groups is 2. The molecule has 1 aliphatic heterocycles. The van der Waals surface area contributed by atoms with Crippen molar-refractivity contribution in [3.05, 3.63) is 23.9 Å². The first-order valence-corrected chi connectivity index (χ1v) is 7.64. The van der Waals surface area contributed by atoms with Crippen LogP contribution in [0.25, 0.3) is 10.9 Å². The topological polar surface area (TPSA) is 93.5 Å². The summed E-state index contributed by atoms with van der Waals surface area (Å²) in [5.74, 6) is -0.225. The molecule has 1 saturated heterocycles. The summed E-state index contributed by atoms with van der Waals surface area (Å²) in [6, 6.07) is 5.58. The maximum absolute atomic E-state index is 12.1. The fourth-order valence-corrected chi connectivity index (χ4v) is 2.82. The fourth-order valence-electron chi connectivity index (χ4n) is 2.82. The first-order chi connectivity index (χ1) is 11.1. The second-order valence-corrected chi connectivity index (χ2v) is 5.62. The molecule has 7 nitrogen and oxygen atoms in total. The Balaban J connectivity index is 1.90. The lowest BCUT2D eigenvalue weighted by molar-refractivity contribution is -0.134. The minimum Gasteiger partial charge on any atom is -0.493 e. The number of aliphatic hydroxyl groups excluding tert-OH is 1. The lowest BCUT2D eigenvalue weighted by Gasteiger charge is -2.19. The molecule has 2 amide bonds. The van der Waals surface area contributed by atoms with E-state index >= 15 is 0 Å². The van der Waals surface area contributed by atoms with Gasteiger partial charge >= 0.3 is 0 Å². The van der Waals surface area contributed by atoms with Crippen LogP contribution < -0.4 is 10.1 Å². The lowest BCUT2D eigenvalue weighted by Crippen LogP contribution is -2.39. The zero-order chi connectivity index (χ0) is 16.4. The highest BCUT2D eigenvalue weighted by molar-refractivity contribution is 6.02. The van der Waals surface area contributed by atoms with E-state index in [0.717, 1.165) is 10.9 Å². The van der Waals surface area contributed by atoms with Crippen LogP contribution in [0.2, 0.25) is 0 Å². The number of hydrogen-bond acceptors (Lipinski definition) is 5. The maximum Gasteiger partial charge on any atom is 0.235 e. The van der Waals surface area contributed by atoms with Crippen molar-refractivity contribution in [2.24, 2.45) is 7.05 Å². The van der Waals surface area contributed by atoms with Crippen molar-refractivity contribution >= 4 is 22.7 Å². The molecule has 1 fully saturated rings. The molecule has 3 rings (SSSR count). The Bertz CT molecular complexity index is 753. The van der Waals surface area contributed by atoms with E-state index in [0.29, 0.717) is 37.3 Å². The molecule has 0 aliphatic carbocycles. The van der Waals surface area contributed by atoms with E-state index in [4.69, 9.17) is 9.84 Å². The third-order valence-electron chi connectivity index (χ3n) is 3.99. The third kappa shape index (κ3) is 3.05. The molecular formula is C16H19N3O4. The van der Waals surface area contributed by atoms with Crippen molar-refractivity contribution in [3.63, 3.8) is 0 Å². The first-order valence-electron chi connectivity index (χ1n) is 7.64. The highest BCUT2D eigenvalue weighted by atomic mass is 16.5. The molecule has 1 aromatic heterocycles. The highest BCUT2D eigenvalue weighted by Gasteiger charge is 2.31. The number of aliphatic hydroxyl groups is 1. The van der Waals surface area contributed by atoms with Gasteiger partial charge in [-0.3, -0.25) is 19.6 Å². The van der Waals surface area contributed by atoms with Crippen LogP contribution >= 0.6 is 0 Å². The number of piperidine rings is 1. The molecule has 23 heavy (non-hydrogen) atoms. The van der Waals surface area contributed by atoms with Crippen molar-refractivity contribution < 1.29 is 19.4 Å². The van der Waals surface area contributed by atoms with Crippen LogP contribution in [0.4, 0.5) is 0 Å². The summed E-state index contributed by atoms with van der Waals surface area (Å²) in [5.41, 5.74) is 1.56. The average molecular weight is 317 g/mol. The number of fused-ring (bicyclic) bond motifs is 1. The van der Waals surface area contributed by atoms with E-state index in [9.17, 15) is 9.59 Å². The molecule has 1 unspecified atom stereocenters. The van der Waals surface area contributed by atoms with Gasteiger partial charge in [0.05, 0.1) is 23.7 Å². The summed E-state index contributed by atoms with van der Waals surface area (Å²) < 4.78 is 7.29. The third-order valence-corrected chi connectivity index (χ3v) is 3.99. The van der Waals surface area contributed by atoms with Gasteiger partial charge in [-0.1, -0.05) is 0 Å². The Morgan fingerprint density at radius 2 is 2.26 bits per heavy atom. The van der Waals surface area contributed by atoms with E-state index in [-0.39, 0.29) is 18.4 Å². The van der Waals surface area contributed by atoms with Gasteiger partial charge in [-0.15, -0.1) is 0 Å². The molecule has 1 aliphatic rings. The quantitative estimate of drug-likeness (QED) is 0.630. The van der Waals surface area contributed by atoms with Gasteiger partial charge in [0.2, 0.25) is 11.8 Å². The molecule has 1 aromatic carbocycles.